The maximum atomic E-state index is 11.8. The number of carboxylic acids is 1. The predicted molar refractivity (Wildman–Crippen MR) is 70.0 cm³/mol. The van der Waals surface area contributed by atoms with E-state index in [9.17, 15) is 19.7 Å². The number of hydrogen-bond donors (Lipinski definition) is 3. The van der Waals surface area contributed by atoms with Crippen LogP contribution in [0, 0.1) is 17.0 Å². The molecular formula is C11H11N5O5. The van der Waals surface area contributed by atoms with Gasteiger partial charge in [0.15, 0.2) is 0 Å². The largest absolute Gasteiger partial charge is 0.477 e. The predicted octanol–water partition coefficient (Wildman–Crippen LogP) is 0.765. The molecule has 1 amide bonds. The third-order valence-corrected chi connectivity index (χ3v) is 2.58. The van der Waals surface area contributed by atoms with Gasteiger partial charge < -0.3 is 15.4 Å². The van der Waals surface area contributed by atoms with E-state index in [0.717, 1.165) is 17.1 Å². The molecule has 0 saturated heterocycles. The van der Waals surface area contributed by atoms with Crippen molar-refractivity contribution in [2.45, 2.75) is 13.5 Å². The maximum absolute atomic E-state index is 11.8. The van der Waals surface area contributed by atoms with Gasteiger partial charge in [-0.2, -0.15) is 5.10 Å². The zero-order valence-corrected chi connectivity index (χ0v) is 10.9. The smallest absolute Gasteiger partial charge is 0.354 e. The first kappa shape index (κ1) is 14.2. The van der Waals surface area contributed by atoms with Gasteiger partial charge in [0.1, 0.15) is 24.6 Å². The van der Waals surface area contributed by atoms with Crippen molar-refractivity contribution in [3.63, 3.8) is 0 Å². The summed E-state index contributed by atoms with van der Waals surface area (Å²) in [6.07, 6.45) is 2.14. The first-order valence-electron chi connectivity index (χ1n) is 5.76. The molecule has 0 fully saturated rings. The van der Waals surface area contributed by atoms with E-state index in [1.165, 1.54) is 6.07 Å². The molecule has 110 valence electrons. The van der Waals surface area contributed by atoms with Crippen LogP contribution < -0.4 is 5.32 Å². The second-order valence-electron chi connectivity index (χ2n) is 4.25. The molecule has 0 aromatic carbocycles. The molecule has 2 aromatic heterocycles. The number of nitrogens with one attached hydrogen (secondary N) is 2. The number of aromatic amines is 1. The average molecular weight is 293 g/mol. The summed E-state index contributed by atoms with van der Waals surface area (Å²) in [5.74, 6) is -1.75. The summed E-state index contributed by atoms with van der Waals surface area (Å²) in [6, 6.07) is 1.48. The van der Waals surface area contributed by atoms with E-state index in [0.29, 0.717) is 5.69 Å². The van der Waals surface area contributed by atoms with Crippen LogP contribution in [0.1, 0.15) is 16.2 Å². The highest BCUT2D eigenvalue weighted by atomic mass is 16.6. The summed E-state index contributed by atoms with van der Waals surface area (Å²) in [4.78, 5) is 35.3. The van der Waals surface area contributed by atoms with Gasteiger partial charge in [0.2, 0.25) is 5.91 Å². The minimum Gasteiger partial charge on any atom is -0.477 e. The molecule has 0 aliphatic rings. The molecule has 10 nitrogen and oxygen atoms in total. The number of aryl methyl sites for hydroxylation is 1. The van der Waals surface area contributed by atoms with E-state index < -0.39 is 16.8 Å². The number of aromatic carboxylic acids is 1. The Labute approximate surface area is 117 Å². The minimum absolute atomic E-state index is 0.131. The van der Waals surface area contributed by atoms with E-state index in [2.05, 4.69) is 15.4 Å². The van der Waals surface area contributed by atoms with Crippen molar-refractivity contribution < 1.29 is 19.6 Å². The van der Waals surface area contributed by atoms with Gasteiger partial charge in [-0.15, -0.1) is 0 Å². The highest BCUT2D eigenvalue weighted by molar-refractivity contribution is 5.99. The molecular weight excluding hydrogens is 282 g/mol. The number of carbonyl (C=O) groups is 2. The van der Waals surface area contributed by atoms with Crippen LogP contribution in [0.3, 0.4) is 0 Å². The first-order valence-corrected chi connectivity index (χ1v) is 5.76. The first-order chi connectivity index (χ1) is 9.86. The number of carboxylic acid groups (broad SMARTS) is 1. The Morgan fingerprint density at radius 2 is 2.29 bits per heavy atom. The maximum Gasteiger partial charge on any atom is 0.354 e. The van der Waals surface area contributed by atoms with Gasteiger partial charge in [0.25, 0.3) is 0 Å². The Balaban J connectivity index is 2.08. The van der Waals surface area contributed by atoms with E-state index in [1.807, 2.05) is 0 Å². The van der Waals surface area contributed by atoms with Crippen molar-refractivity contribution in [2.24, 2.45) is 0 Å². The minimum atomic E-state index is -1.20. The van der Waals surface area contributed by atoms with Gasteiger partial charge in [-0.3, -0.25) is 19.6 Å². The molecule has 2 rings (SSSR count). The quantitative estimate of drug-likeness (QED) is 0.548. The SMILES string of the molecule is Cc1cc(NC(=O)Cn2cc([N+](=O)[O-])cn2)c(C(=O)O)[nH]1. The summed E-state index contributed by atoms with van der Waals surface area (Å²) in [7, 11) is 0. The number of nitro groups is 1. The fourth-order valence-electron chi connectivity index (χ4n) is 1.73. The Bertz CT molecular complexity index is 716. The van der Waals surface area contributed by atoms with Gasteiger partial charge in [0, 0.05) is 5.69 Å². The fraction of sp³-hybridized carbons (Fsp3) is 0.182. The number of aromatic nitrogens is 3. The van der Waals surface area contributed by atoms with E-state index in [-0.39, 0.29) is 23.6 Å². The Hall–Kier alpha value is -3.17. The zero-order chi connectivity index (χ0) is 15.6. The molecule has 2 aromatic rings. The summed E-state index contributed by atoms with van der Waals surface area (Å²) in [5, 5.41) is 25.6. The third-order valence-electron chi connectivity index (χ3n) is 2.58. The Kier molecular flexibility index (Phi) is 3.69. The molecule has 0 bridgehead atoms. The number of amides is 1. The monoisotopic (exact) mass is 293 g/mol. The van der Waals surface area contributed by atoms with Crippen molar-refractivity contribution in [1.29, 1.82) is 0 Å². The number of anilines is 1. The normalized spacial score (nSPS) is 10.3. The molecule has 0 atom stereocenters. The van der Waals surface area contributed by atoms with Gasteiger partial charge in [-0.05, 0) is 13.0 Å². The lowest BCUT2D eigenvalue weighted by molar-refractivity contribution is -0.385. The Morgan fingerprint density at radius 1 is 1.57 bits per heavy atom. The average Bonchev–Trinajstić information content (AvgIpc) is 2.96. The van der Waals surface area contributed by atoms with E-state index in [4.69, 9.17) is 5.11 Å². The molecule has 21 heavy (non-hydrogen) atoms. The molecule has 0 aliphatic heterocycles. The van der Waals surface area contributed by atoms with Gasteiger partial charge in [-0.25, -0.2) is 4.79 Å². The number of nitrogens with zero attached hydrogens (tertiary/aromatic N) is 3. The number of H-pyrrole nitrogens is 1. The molecule has 3 N–H and O–H groups in total. The van der Waals surface area contributed by atoms with Crippen LogP contribution in [0.2, 0.25) is 0 Å². The zero-order valence-electron chi connectivity index (χ0n) is 10.9. The molecule has 0 aliphatic carbocycles. The number of rotatable bonds is 5. The number of hydrogen-bond acceptors (Lipinski definition) is 5. The van der Waals surface area contributed by atoms with Crippen molar-refractivity contribution in [1.82, 2.24) is 14.8 Å². The van der Waals surface area contributed by atoms with Crippen LogP contribution in [-0.4, -0.2) is 36.7 Å². The van der Waals surface area contributed by atoms with Crippen molar-refractivity contribution in [3.8, 4) is 0 Å². The lowest BCUT2D eigenvalue weighted by Gasteiger charge is -2.04. The van der Waals surface area contributed by atoms with Crippen LogP contribution in [0.15, 0.2) is 18.5 Å². The molecule has 10 heteroatoms. The molecule has 0 spiro atoms. The highest BCUT2D eigenvalue weighted by Gasteiger charge is 2.16. The molecule has 0 unspecified atom stereocenters. The van der Waals surface area contributed by atoms with E-state index in [1.54, 1.807) is 6.92 Å². The van der Waals surface area contributed by atoms with Crippen LogP contribution >= 0.6 is 0 Å². The second-order valence-corrected chi connectivity index (χ2v) is 4.25. The topological polar surface area (TPSA) is 143 Å². The van der Waals surface area contributed by atoms with Crippen LogP contribution in [0.4, 0.5) is 11.4 Å². The van der Waals surface area contributed by atoms with Gasteiger partial charge >= 0.3 is 11.7 Å². The van der Waals surface area contributed by atoms with Gasteiger partial charge in [-0.1, -0.05) is 0 Å². The lowest BCUT2D eigenvalue weighted by Crippen LogP contribution is -2.20. The third kappa shape index (κ3) is 3.23. The van der Waals surface area contributed by atoms with Crippen molar-refractivity contribution in [3.05, 3.63) is 40.0 Å². The van der Waals surface area contributed by atoms with Crippen LogP contribution in [0.25, 0.3) is 0 Å². The lowest BCUT2D eigenvalue weighted by atomic mass is 10.3. The van der Waals surface area contributed by atoms with Crippen molar-refractivity contribution in [2.75, 3.05) is 5.32 Å². The summed E-state index contributed by atoms with van der Waals surface area (Å²) in [5.41, 5.74) is 0.350. The summed E-state index contributed by atoms with van der Waals surface area (Å²) < 4.78 is 1.09. The fourth-order valence-corrected chi connectivity index (χ4v) is 1.73. The van der Waals surface area contributed by atoms with Crippen molar-refractivity contribution >= 4 is 23.3 Å². The second kappa shape index (κ2) is 5.45. The van der Waals surface area contributed by atoms with E-state index >= 15 is 0 Å². The van der Waals surface area contributed by atoms with Crippen LogP contribution in [-0.2, 0) is 11.3 Å². The molecule has 2 heterocycles. The standard InChI is InChI=1S/C11H11N5O5/c1-6-2-8(10(13-6)11(18)19)14-9(17)5-15-4-7(3-12-15)16(20)21/h2-4,13H,5H2,1H3,(H,14,17)(H,18,19). The molecule has 0 radical (unpaired) electrons. The van der Waals surface area contributed by atoms with Crippen LogP contribution in [0.5, 0.6) is 0 Å². The summed E-state index contributed by atoms with van der Waals surface area (Å²) in [6.45, 7) is 1.39. The summed E-state index contributed by atoms with van der Waals surface area (Å²) >= 11 is 0. The Morgan fingerprint density at radius 3 is 2.86 bits per heavy atom. The molecule has 0 saturated carbocycles. The number of carbonyl (C=O) groups excluding carboxylic acids is 1. The van der Waals surface area contributed by atoms with Gasteiger partial charge in [0.05, 0.1) is 10.6 Å². The highest BCUT2D eigenvalue weighted by Crippen LogP contribution is 2.17.